The molecule has 3 rings (SSSR count). The van der Waals surface area contributed by atoms with Crippen molar-refractivity contribution in [3.8, 4) is 0 Å². The van der Waals surface area contributed by atoms with Crippen LogP contribution in [0.1, 0.15) is 49.8 Å². The summed E-state index contributed by atoms with van der Waals surface area (Å²) >= 11 is 12.0. The second-order valence-corrected chi connectivity index (χ2v) is 8.99. The lowest BCUT2D eigenvalue weighted by molar-refractivity contribution is -0.139. The summed E-state index contributed by atoms with van der Waals surface area (Å²) in [4.78, 5) is 28.0. The Morgan fingerprint density at radius 2 is 1.74 bits per heavy atom. The van der Waals surface area contributed by atoms with Gasteiger partial charge in [0.1, 0.15) is 11.9 Å². The van der Waals surface area contributed by atoms with Gasteiger partial charge in [-0.15, -0.1) is 11.6 Å². The molecule has 0 aromatic heterocycles. The van der Waals surface area contributed by atoms with Crippen LogP contribution in [0.25, 0.3) is 0 Å². The van der Waals surface area contributed by atoms with Crippen LogP contribution in [0.5, 0.6) is 0 Å². The zero-order valence-electron chi connectivity index (χ0n) is 17.9. The SMILES string of the molecule is C[C@@H]1CCCC[C@@H]1NC(=O)[C@H](c1ccc(Cl)cc1)N(CCc1ccccc1)C(=O)CCl. The summed E-state index contributed by atoms with van der Waals surface area (Å²) in [5.74, 6) is -0.173. The summed E-state index contributed by atoms with van der Waals surface area (Å²) in [5.41, 5.74) is 1.84. The molecular formula is C25H30Cl2N2O2. The van der Waals surface area contributed by atoms with E-state index in [4.69, 9.17) is 23.2 Å². The number of rotatable bonds is 8. The Kier molecular flexibility index (Phi) is 8.79. The average Bonchev–Trinajstić information content (AvgIpc) is 2.79. The van der Waals surface area contributed by atoms with Crippen LogP contribution in [-0.4, -0.2) is 35.2 Å². The topological polar surface area (TPSA) is 49.4 Å². The predicted octanol–water partition coefficient (Wildman–Crippen LogP) is 5.39. The van der Waals surface area contributed by atoms with E-state index < -0.39 is 6.04 Å². The first-order valence-electron chi connectivity index (χ1n) is 10.9. The maximum absolute atomic E-state index is 13.5. The van der Waals surface area contributed by atoms with Crippen molar-refractivity contribution in [1.82, 2.24) is 10.2 Å². The first-order valence-corrected chi connectivity index (χ1v) is 11.9. The number of nitrogens with zero attached hydrogens (tertiary/aromatic N) is 1. The van der Waals surface area contributed by atoms with E-state index in [1.54, 1.807) is 17.0 Å². The van der Waals surface area contributed by atoms with Crippen molar-refractivity contribution in [2.24, 2.45) is 5.92 Å². The Labute approximate surface area is 194 Å². The van der Waals surface area contributed by atoms with Gasteiger partial charge in [-0.2, -0.15) is 0 Å². The number of hydrogen-bond acceptors (Lipinski definition) is 2. The molecule has 1 aliphatic carbocycles. The van der Waals surface area contributed by atoms with Gasteiger partial charge in [0.25, 0.3) is 0 Å². The van der Waals surface area contributed by atoms with Crippen molar-refractivity contribution >= 4 is 35.0 Å². The van der Waals surface area contributed by atoms with Crippen molar-refractivity contribution in [3.63, 3.8) is 0 Å². The van der Waals surface area contributed by atoms with E-state index in [0.717, 1.165) is 30.4 Å². The van der Waals surface area contributed by atoms with Gasteiger partial charge >= 0.3 is 0 Å². The fourth-order valence-electron chi connectivity index (χ4n) is 4.28. The normalized spacial score (nSPS) is 19.5. The molecule has 2 aromatic carbocycles. The number of carbonyl (C=O) groups is 2. The van der Waals surface area contributed by atoms with E-state index in [9.17, 15) is 9.59 Å². The monoisotopic (exact) mass is 460 g/mol. The summed E-state index contributed by atoms with van der Waals surface area (Å²) in [5, 5.41) is 3.82. The molecule has 0 radical (unpaired) electrons. The summed E-state index contributed by atoms with van der Waals surface area (Å²) in [7, 11) is 0. The maximum Gasteiger partial charge on any atom is 0.247 e. The van der Waals surface area contributed by atoms with Crippen LogP contribution in [0.3, 0.4) is 0 Å². The van der Waals surface area contributed by atoms with Gasteiger partial charge in [-0.05, 0) is 48.4 Å². The van der Waals surface area contributed by atoms with Gasteiger partial charge in [0, 0.05) is 17.6 Å². The van der Waals surface area contributed by atoms with Crippen LogP contribution in [0, 0.1) is 5.92 Å². The Bertz CT molecular complexity index is 858. The Balaban J connectivity index is 1.87. The molecule has 1 saturated carbocycles. The molecule has 1 N–H and O–H groups in total. The van der Waals surface area contributed by atoms with E-state index in [1.807, 2.05) is 42.5 Å². The second kappa shape index (κ2) is 11.5. The third kappa shape index (κ3) is 6.47. The van der Waals surface area contributed by atoms with Gasteiger partial charge in [-0.25, -0.2) is 0 Å². The van der Waals surface area contributed by atoms with Gasteiger partial charge < -0.3 is 10.2 Å². The minimum absolute atomic E-state index is 0.123. The van der Waals surface area contributed by atoms with Crippen LogP contribution < -0.4 is 5.32 Å². The first kappa shape index (κ1) is 23.6. The highest BCUT2D eigenvalue weighted by atomic mass is 35.5. The molecule has 1 aliphatic rings. The zero-order chi connectivity index (χ0) is 22.2. The number of hydrogen-bond donors (Lipinski definition) is 1. The van der Waals surface area contributed by atoms with Crippen LogP contribution in [-0.2, 0) is 16.0 Å². The fraction of sp³-hybridized carbons (Fsp3) is 0.440. The molecule has 31 heavy (non-hydrogen) atoms. The molecule has 2 aromatic rings. The summed E-state index contributed by atoms with van der Waals surface area (Å²) < 4.78 is 0. The second-order valence-electron chi connectivity index (χ2n) is 8.29. The molecule has 166 valence electrons. The van der Waals surface area contributed by atoms with E-state index in [0.29, 0.717) is 23.9 Å². The van der Waals surface area contributed by atoms with E-state index in [-0.39, 0.29) is 23.7 Å². The molecule has 0 bridgehead atoms. The number of amides is 2. The molecule has 2 amide bonds. The van der Waals surface area contributed by atoms with Crippen molar-refractivity contribution in [2.75, 3.05) is 12.4 Å². The minimum atomic E-state index is -0.749. The molecule has 1 fully saturated rings. The Morgan fingerprint density at radius 3 is 2.39 bits per heavy atom. The van der Waals surface area contributed by atoms with Gasteiger partial charge in [-0.3, -0.25) is 9.59 Å². The minimum Gasteiger partial charge on any atom is -0.351 e. The molecule has 4 nitrogen and oxygen atoms in total. The number of halogens is 2. The Morgan fingerprint density at radius 1 is 1.06 bits per heavy atom. The van der Waals surface area contributed by atoms with Crippen molar-refractivity contribution in [2.45, 2.75) is 51.1 Å². The summed E-state index contributed by atoms with van der Waals surface area (Å²) in [6.07, 6.45) is 5.02. The van der Waals surface area contributed by atoms with Gasteiger partial charge in [0.15, 0.2) is 0 Å². The highest BCUT2D eigenvalue weighted by molar-refractivity contribution is 6.30. The summed E-state index contributed by atoms with van der Waals surface area (Å²) in [6, 6.07) is 16.4. The fourth-order valence-corrected chi connectivity index (χ4v) is 4.56. The molecule has 0 unspecified atom stereocenters. The number of benzene rings is 2. The lowest BCUT2D eigenvalue weighted by atomic mass is 9.85. The molecule has 0 saturated heterocycles. The average molecular weight is 461 g/mol. The standard InChI is InChI=1S/C25H30Cl2N2O2/c1-18-7-5-6-10-22(18)28-25(31)24(20-11-13-21(27)14-12-20)29(23(30)17-26)16-15-19-8-3-2-4-9-19/h2-4,8-9,11-14,18,22,24H,5-7,10,15-17H2,1H3,(H,28,31)/t18-,22+,24+/m1/s1. The molecule has 6 heteroatoms. The first-order chi connectivity index (χ1) is 15.0. The van der Waals surface area contributed by atoms with Crippen LogP contribution in [0.4, 0.5) is 0 Å². The van der Waals surface area contributed by atoms with Gasteiger partial charge in [-0.1, -0.05) is 73.8 Å². The lowest BCUT2D eigenvalue weighted by Gasteiger charge is -2.35. The maximum atomic E-state index is 13.5. The molecule has 0 spiro atoms. The molecule has 0 heterocycles. The molecule has 0 aliphatic heterocycles. The molecule has 3 atom stereocenters. The summed E-state index contributed by atoms with van der Waals surface area (Å²) in [6.45, 7) is 2.58. The Hall–Kier alpha value is -2.04. The quantitative estimate of drug-likeness (QED) is 0.537. The largest absolute Gasteiger partial charge is 0.351 e. The highest BCUT2D eigenvalue weighted by Gasteiger charge is 2.33. The van der Waals surface area contributed by atoms with Gasteiger partial charge in [0.05, 0.1) is 0 Å². The van der Waals surface area contributed by atoms with Crippen LogP contribution >= 0.6 is 23.2 Å². The van der Waals surface area contributed by atoms with E-state index in [1.165, 1.54) is 6.42 Å². The highest BCUT2D eigenvalue weighted by Crippen LogP contribution is 2.28. The third-order valence-electron chi connectivity index (χ3n) is 6.10. The van der Waals surface area contributed by atoms with Crippen LogP contribution in [0.15, 0.2) is 54.6 Å². The van der Waals surface area contributed by atoms with Gasteiger partial charge in [0.2, 0.25) is 11.8 Å². The predicted molar refractivity (Wildman–Crippen MR) is 126 cm³/mol. The third-order valence-corrected chi connectivity index (χ3v) is 6.58. The van der Waals surface area contributed by atoms with Crippen LogP contribution in [0.2, 0.25) is 5.02 Å². The number of nitrogens with one attached hydrogen (secondary N) is 1. The molecular weight excluding hydrogens is 431 g/mol. The lowest BCUT2D eigenvalue weighted by Crippen LogP contribution is -2.49. The van der Waals surface area contributed by atoms with E-state index in [2.05, 4.69) is 12.2 Å². The zero-order valence-corrected chi connectivity index (χ0v) is 19.4. The number of alkyl halides is 1. The smallest absolute Gasteiger partial charge is 0.247 e. The number of carbonyl (C=O) groups excluding carboxylic acids is 2. The van der Waals surface area contributed by atoms with Crippen molar-refractivity contribution < 1.29 is 9.59 Å². The van der Waals surface area contributed by atoms with E-state index >= 15 is 0 Å². The van der Waals surface area contributed by atoms with Crippen molar-refractivity contribution in [1.29, 1.82) is 0 Å². The van der Waals surface area contributed by atoms with Crippen molar-refractivity contribution in [3.05, 3.63) is 70.7 Å².